The topological polar surface area (TPSA) is 20.2 Å². The van der Waals surface area contributed by atoms with E-state index in [9.17, 15) is 5.11 Å². The van der Waals surface area contributed by atoms with Crippen LogP contribution in [0.15, 0.2) is 12.2 Å². The van der Waals surface area contributed by atoms with Crippen molar-refractivity contribution in [2.45, 2.75) is 52.1 Å². The van der Waals surface area contributed by atoms with E-state index in [0.29, 0.717) is 5.92 Å². The highest BCUT2D eigenvalue weighted by molar-refractivity contribution is 5.21. The van der Waals surface area contributed by atoms with Gasteiger partial charge in [0.1, 0.15) is 0 Å². The molecule has 0 aromatic rings. The number of hydrogen-bond donors (Lipinski definition) is 1. The Balaban J connectivity index is 2.03. The van der Waals surface area contributed by atoms with Gasteiger partial charge in [0.15, 0.2) is 0 Å². The van der Waals surface area contributed by atoms with Gasteiger partial charge in [-0.05, 0) is 54.9 Å². The molecule has 0 aliphatic heterocycles. The molecule has 0 aromatic heterocycles. The lowest BCUT2D eigenvalue weighted by atomic mass is 9.63. The van der Waals surface area contributed by atoms with Crippen molar-refractivity contribution < 1.29 is 5.11 Å². The molecule has 0 saturated heterocycles. The maximum Gasteiger partial charge on any atom is 0.0806 e. The van der Waals surface area contributed by atoms with Crippen molar-refractivity contribution in [3.05, 3.63) is 12.2 Å². The fraction of sp³-hybridized carbons (Fsp3) is 0.867. The van der Waals surface area contributed by atoms with Crippen LogP contribution >= 0.6 is 0 Å². The summed E-state index contributed by atoms with van der Waals surface area (Å²) in [6.07, 6.45) is 6.26. The molecule has 90 valence electrons. The van der Waals surface area contributed by atoms with Crippen molar-refractivity contribution in [1.29, 1.82) is 0 Å². The minimum Gasteiger partial charge on any atom is -0.388 e. The molecule has 4 aliphatic rings. The van der Waals surface area contributed by atoms with Crippen molar-refractivity contribution in [3.63, 3.8) is 0 Å². The van der Waals surface area contributed by atoms with Crippen molar-refractivity contribution in [1.82, 2.24) is 0 Å². The Kier molecular flexibility index (Phi) is 2.27. The Hall–Kier alpha value is -0.300. The van der Waals surface area contributed by atoms with E-state index in [2.05, 4.69) is 20.4 Å². The van der Waals surface area contributed by atoms with Crippen molar-refractivity contribution in [2.24, 2.45) is 29.1 Å². The Bertz CT molecular complexity index is 321. The lowest BCUT2D eigenvalue weighted by molar-refractivity contribution is -0.00986. The Labute approximate surface area is 98.9 Å². The van der Waals surface area contributed by atoms with E-state index in [0.717, 1.165) is 23.3 Å². The molecule has 0 radical (unpaired) electrons. The van der Waals surface area contributed by atoms with Crippen LogP contribution in [0.25, 0.3) is 0 Å². The highest BCUT2D eigenvalue weighted by Crippen LogP contribution is 2.60. The average molecular weight is 220 g/mol. The number of fused-ring (bicyclic) bond motifs is 2. The van der Waals surface area contributed by atoms with Crippen LogP contribution in [0, 0.1) is 29.1 Å². The van der Waals surface area contributed by atoms with Crippen LogP contribution < -0.4 is 0 Å². The number of aliphatic hydroxyl groups is 1. The Morgan fingerprint density at radius 1 is 1.31 bits per heavy atom. The number of rotatable bonds is 0. The summed E-state index contributed by atoms with van der Waals surface area (Å²) in [6, 6.07) is 0. The fourth-order valence-corrected chi connectivity index (χ4v) is 4.92. The minimum atomic E-state index is -0.230. The summed E-state index contributed by atoms with van der Waals surface area (Å²) in [4.78, 5) is 0. The van der Waals surface area contributed by atoms with Gasteiger partial charge in [-0.2, -0.15) is 0 Å². The van der Waals surface area contributed by atoms with E-state index in [-0.39, 0.29) is 11.5 Å². The fourth-order valence-electron chi connectivity index (χ4n) is 4.92. The third-order valence-corrected chi connectivity index (χ3v) is 6.12. The minimum absolute atomic E-state index is 0.138. The van der Waals surface area contributed by atoms with Crippen LogP contribution in [0.1, 0.15) is 46.0 Å². The molecule has 0 amide bonds. The largest absolute Gasteiger partial charge is 0.388 e. The summed E-state index contributed by atoms with van der Waals surface area (Å²) in [5, 5.41) is 10.5. The zero-order chi connectivity index (χ0) is 11.5. The monoisotopic (exact) mass is 220 g/mol. The lowest BCUT2D eigenvalue weighted by Gasteiger charge is -2.44. The second kappa shape index (κ2) is 3.35. The molecule has 0 heterocycles. The molecule has 4 aliphatic carbocycles. The highest BCUT2D eigenvalue weighted by atomic mass is 16.3. The highest BCUT2D eigenvalue weighted by Gasteiger charge is 2.55. The first-order valence-electron chi connectivity index (χ1n) is 6.91. The first-order chi connectivity index (χ1) is 7.54. The molecule has 4 saturated carbocycles. The van der Waals surface area contributed by atoms with Gasteiger partial charge in [-0.15, -0.1) is 0 Å². The van der Waals surface area contributed by atoms with Gasteiger partial charge in [-0.25, -0.2) is 0 Å². The van der Waals surface area contributed by atoms with Crippen LogP contribution in [0.4, 0.5) is 0 Å². The van der Waals surface area contributed by atoms with Crippen LogP contribution in [-0.2, 0) is 0 Å². The molecule has 1 heteroatoms. The molecule has 1 nitrogen and oxygen atoms in total. The molecule has 4 rings (SSSR count). The molecule has 2 bridgehead atoms. The van der Waals surface area contributed by atoms with Crippen LogP contribution in [0.3, 0.4) is 0 Å². The Morgan fingerprint density at radius 3 is 2.81 bits per heavy atom. The van der Waals surface area contributed by atoms with Crippen LogP contribution in [-0.4, -0.2) is 11.2 Å². The lowest BCUT2D eigenvalue weighted by Crippen LogP contribution is -2.43. The summed E-state index contributed by atoms with van der Waals surface area (Å²) in [6.45, 7) is 8.92. The SMILES string of the molecule is C=C1C2CCC(C)(C1O)C1CCC(C)C1C2. The van der Waals surface area contributed by atoms with E-state index >= 15 is 0 Å². The van der Waals surface area contributed by atoms with E-state index < -0.39 is 0 Å². The predicted octanol–water partition coefficient (Wildman–Crippen LogP) is 3.39. The molecule has 6 unspecified atom stereocenters. The van der Waals surface area contributed by atoms with Crippen molar-refractivity contribution >= 4 is 0 Å². The van der Waals surface area contributed by atoms with Crippen molar-refractivity contribution in [2.75, 3.05) is 0 Å². The zero-order valence-electron chi connectivity index (χ0n) is 10.6. The summed E-state index contributed by atoms with van der Waals surface area (Å²) < 4.78 is 0. The summed E-state index contributed by atoms with van der Waals surface area (Å²) in [5.74, 6) is 3.08. The molecule has 0 spiro atoms. The maximum atomic E-state index is 10.5. The molecule has 16 heavy (non-hydrogen) atoms. The average Bonchev–Trinajstić information content (AvgIpc) is 2.51. The molecular weight excluding hydrogens is 196 g/mol. The van der Waals surface area contributed by atoms with Gasteiger partial charge in [0.05, 0.1) is 6.10 Å². The van der Waals surface area contributed by atoms with Gasteiger partial charge < -0.3 is 5.11 Å². The zero-order valence-corrected chi connectivity index (χ0v) is 10.6. The van der Waals surface area contributed by atoms with Gasteiger partial charge in [0, 0.05) is 5.41 Å². The van der Waals surface area contributed by atoms with Gasteiger partial charge in [0.2, 0.25) is 0 Å². The summed E-state index contributed by atoms with van der Waals surface area (Å²) >= 11 is 0. The molecule has 1 N–H and O–H groups in total. The molecule has 0 aromatic carbocycles. The van der Waals surface area contributed by atoms with Crippen molar-refractivity contribution in [3.8, 4) is 0 Å². The number of hydrogen-bond acceptors (Lipinski definition) is 1. The smallest absolute Gasteiger partial charge is 0.0806 e. The third-order valence-electron chi connectivity index (χ3n) is 6.12. The van der Waals surface area contributed by atoms with Crippen LogP contribution in [0.5, 0.6) is 0 Å². The third kappa shape index (κ3) is 1.21. The first-order valence-corrected chi connectivity index (χ1v) is 6.91. The number of aliphatic hydroxyl groups excluding tert-OH is 1. The first kappa shape index (κ1) is 10.8. The van der Waals surface area contributed by atoms with E-state index in [1.807, 2.05) is 0 Å². The molecular formula is C15H24O. The van der Waals surface area contributed by atoms with Gasteiger partial charge in [0.25, 0.3) is 0 Å². The van der Waals surface area contributed by atoms with E-state index in [1.165, 1.54) is 32.1 Å². The van der Waals surface area contributed by atoms with E-state index in [1.54, 1.807) is 0 Å². The quantitative estimate of drug-likeness (QED) is 0.620. The van der Waals surface area contributed by atoms with Gasteiger partial charge in [-0.3, -0.25) is 0 Å². The maximum absolute atomic E-state index is 10.5. The predicted molar refractivity (Wildman–Crippen MR) is 66.0 cm³/mol. The normalized spacial score (nSPS) is 56.2. The van der Waals surface area contributed by atoms with E-state index in [4.69, 9.17) is 0 Å². The van der Waals surface area contributed by atoms with Gasteiger partial charge >= 0.3 is 0 Å². The van der Waals surface area contributed by atoms with Gasteiger partial charge in [-0.1, -0.05) is 26.8 Å². The summed E-state index contributed by atoms with van der Waals surface area (Å²) in [7, 11) is 0. The Morgan fingerprint density at radius 2 is 2.06 bits per heavy atom. The standard InChI is InChI=1S/C15H24O/c1-9-4-5-13-12(9)8-11-6-7-15(13,3)14(16)10(11)2/h9,11-14,16H,2,4-8H2,1,3H3. The molecule has 4 fully saturated rings. The second-order valence-electron chi connectivity index (χ2n) is 6.78. The van der Waals surface area contributed by atoms with Crippen LogP contribution in [0.2, 0.25) is 0 Å². The molecule has 6 atom stereocenters. The summed E-state index contributed by atoms with van der Waals surface area (Å²) in [5.41, 5.74) is 1.29. The second-order valence-corrected chi connectivity index (χ2v) is 6.78.